The lowest BCUT2D eigenvalue weighted by molar-refractivity contribution is 0.556. The van der Waals surface area contributed by atoms with Gasteiger partial charge in [-0.2, -0.15) is 23.5 Å². The normalized spacial score (nSPS) is 31.4. The van der Waals surface area contributed by atoms with Gasteiger partial charge in [0, 0.05) is 30.9 Å². The molecule has 0 saturated carbocycles. The van der Waals surface area contributed by atoms with E-state index in [1.54, 1.807) is 11.3 Å². The first-order valence-corrected chi connectivity index (χ1v) is 9.26. The molecule has 0 radical (unpaired) electrons. The number of hydrazine groups is 1. The van der Waals surface area contributed by atoms with Gasteiger partial charge in [-0.3, -0.25) is 11.3 Å². The van der Waals surface area contributed by atoms with Crippen LogP contribution in [0.15, 0.2) is 15.9 Å². The summed E-state index contributed by atoms with van der Waals surface area (Å²) in [4.78, 5) is 1.31. The number of hydrogen-bond acceptors (Lipinski definition) is 5. The molecule has 1 aromatic heterocycles. The van der Waals surface area contributed by atoms with E-state index in [1.807, 2.05) is 0 Å². The van der Waals surface area contributed by atoms with Crippen molar-refractivity contribution in [1.82, 2.24) is 5.43 Å². The molecule has 0 aliphatic carbocycles. The topological polar surface area (TPSA) is 38.0 Å². The van der Waals surface area contributed by atoms with Gasteiger partial charge in [-0.15, -0.1) is 11.3 Å². The zero-order valence-electron chi connectivity index (χ0n) is 9.85. The van der Waals surface area contributed by atoms with Crippen LogP contribution >= 0.6 is 50.8 Å². The first-order chi connectivity index (χ1) is 8.13. The molecule has 0 amide bonds. The van der Waals surface area contributed by atoms with E-state index in [4.69, 9.17) is 5.84 Å². The molecular weight excluding hydrogens is 336 g/mol. The van der Waals surface area contributed by atoms with E-state index in [0.29, 0.717) is 10.5 Å². The van der Waals surface area contributed by atoms with Gasteiger partial charge in [0.15, 0.2) is 0 Å². The molecule has 1 aliphatic rings. The van der Waals surface area contributed by atoms with E-state index in [0.717, 1.165) is 11.0 Å². The minimum atomic E-state index is 0.247. The summed E-state index contributed by atoms with van der Waals surface area (Å²) < 4.78 is 1.17. The van der Waals surface area contributed by atoms with Crippen molar-refractivity contribution >= 4 is 50.8 Å². The van der Waals surface area contributed by atoms with Crippen molar-refractivity contribution in [2.75, 3.05) is 5.75 Å². The molecule has 0 spiro atoms. The standard InChI is InChI=1S/C11H17BrN2S3/c1-6-7(2)17-9(5-16-6)10(14-13)11-8(12)3-4-15-11/h3-4,6-7,9-10,14H,5,13H2,1-2H3. The molecule has 1 fully saturated rings. The van der Waals surface area contributed by atoms with Gasteiger partial charge in [0.2, 0.25) is 0 Å². The average Bonchev–Trinajstić information content (AvgIpc) is 2.71. The SMILES string of the molecule is CC1SCC(C(NN)c2sccc2Br)SC1C. The van der Waals surface area contributed by atoms with E-state index < -0.39 is 0 Å². The Bertz CT molecular complexity index is 371. The fourth-order valence-electron chi connectivity index (χ4n) is 1.86. The van der Waals surface area contributed by atoms with Crippen LogP contribution in [0.25, 0.3) is 0 Å². The summed E-state index contributed by atoms with van der Waals surface area (Å²) in [5.41, 5.74) is 3.00. The molecule has 1 aromatic rings. The predicted octanol–water partition coefficient (Wildman–Crippen LogP) is 3.64. The summed E-state index contributed by atoms with van der Waals surface area (Å²) in [6.07, 6.45) is 0. The summed E-state index contributed by atoms with van der Waals surface area (Å²) in [6, 6.07) is 2.34. The lowest BCUT2D eigenvalue weighted by atomic mass is 10.2. The Labute approximate surface area is 124 Å². The lowest BCUT2D eigenvalue weighted by Gasteiger charge is -2.35. The second-order valence-corrected chi connectivity index (χ2v) is 9.03. The van der Waals surface area contributed by atoms with E-state index in [9.17, 15) is 0 Å². The molecule has 6 heteroatoms. The molecule has 0 aromatic carbocycles. The van der Waals surface area contributed by atoms with Gasteiger partial charge in [-0.1, -0.05) is 13.8 Å². The Kier molecular flexibility index (Phi) is 5.27. The molecule has 4 atom stereocenters. The van der Waals surface area contributed by atoms with Crippen LogP contribution < -0.4 is 11.3 Å². The molecular formula is C11H17BrN2S3. The van der Waals surface area contributed by atoms with Crippen molar-refractivity contribution in [3.05, 3.63) is 20.8 Å². The largest absolute Gasteiger partial charge is 0.271 e. The number of thiophene rings is 1. The first-order valence-electron chi connectivity index (χ1n) is 5.59. The van der Waals surface area contributed by atoms with Gasteiger partial charge in [-0.25, -0.2) is 0 Å². The van der Waals surface area contributed by atoms with Gasteiger partial charge in [0.1, 0.15) is 0 Å². The van der Waals surface area contributed by atoms with E-state index in [2.05, 4.69) is 70.2 Å². The number of halogens is 1. The molecule has 2 rings (SSSR count). The third-order valence-electron chi connectivity index (χ3n) is 3.05. The quantitative estimate of drug-likeness (QED) is 0.643. The highest BCUT2D eigenvalue weighted by molar-refractivity contribution is 9.10. The summed E-state index contributed by atoms with van der Waals surface area (Å²) >= 11 is 9.48. The molecule has 2 heterocycles. The highest BCUT2D eigenvalue weighted by atomic mass is 79.9. The van der Waals surface area contributed by atoms with Gasteiger partial charge in [0.25, 0.3) is 0 Å². The number of hydrogen-bond donors (Lipinski definition) is 2. The summed E-state index contributed by atoms with van der Waals surface area (Å²) in [7, 11) is 0. The number of nitrogens with one attached hydrogen (secondary N) is 1. The van der Waals surface area contributed by atoms with Crippen LogP contribution in [0, 0.1) is 0 Å². The van der Waals surface area contributed by atoms with Crippen LogP contribution in [-0.2, 0) is 0 Å². The zero-order valence-corrected chi connectivity index (χ0v) is 13.9. The molecule has 1 saturated heterocycles. The Morgan fingerprint density at radius 3 is 2.76 bits per heavy atom. The third-order valence-corrected chi connectivity index (χ3v) is 8.50. The lowest BCUT2D eigenvalue weighted by Crippen LogP contribution is -2.39. The van der Waals surface area contributed by atoms with Gasteiger partial charge in [0.05, 0.1) is 6.04 Å². The minimum Gasteiger partial charge on any atom is -0.271 e. The van der Waals surface area contributed by atoms with Crippen molar-refractivity contribution in [2.45, 2.75) is 35.6 Å². The van der Waals surface area contributed by atoms with Crippen molar-refractivity contribution in [3.8, 4) is 0 Å². The molecule has 17 heavy (non-hydrogen) atoms. The van der Waals surface area contributed by atoms with E-state index >= 15 is 0 Å². The van der Waals surface area contributed by atoms with Crippen molar-refractivity contribution < 1.29 is 0 Å². The minimum absolute atomic E-state index is 0.247. The van der Waals surface area contributed by atoms with Crippen molar-refractivity contribution in [1.29, 1.82) is 0 Å². The van der Waals surface area contributed by atoms with Crippen molar-refractivity contribution in [3.63, 3.8) is 0 Å². The van der Waals surface area contributed by atoms with E-state index in [1.165, 1.54) is 9.35 Å². The third kappa shape index (κ3) is 3.22. The molecule has 3 N–H and O–H groups in total. The Hall–Kier alpha value is 0.800. The van der Waals surface area contributed by atoms with Crippen LogP contribution in [-0.4, -0.2) is 21.5 Å². The summed E-state index contributed by atoms with van der Waals surface area (Å²) in [5.74, 6) is 6.92. The molecule has 0 bridgehead atoms. The van der Waals surface area contributed by atoms with Crippen LogP contribution in [0.4, 0.5) is 0 Å². The van der Waals surface area contributed by atoms with Gasteiger partial charge < -0.3 is 0 Å². The number of thioether (sulfide) groups is 2. The van der Waals surface area contributed by atoms with Gasteiger partial charge in [-0.05, 0) is 27.4 Å². The van der Waals surface area contributed by atoms with Crippen LogP contribution in [0.2, 0.25) is 0 Å². The highest BCUT2D eigenvalue weighted by Crippen LogP contribution is 2.43. The van der Waals surface area contributed by atoms with Crippen LogP contribution in [0.1, 0.15) is 24.8 Å². The Morgan fingerprint density at radius 1 is 1.47 bits per heavy atom. The maximum atomic E-state index is 5.76. The molecule has 96 valence electrons. The fraction of sp³-hybridized carbons (Fsp3) is 0.636. The first kappa shape index (κ1) is 14.2. The van der Waals surface area contributed by atoms with Gasteiger partial charge >= 0.3 is 0 Å². The summed E-state index contributed by atoms with van der Waals surface area (Å²) in [5, 5.41) is 4.08. The molecule has 4 unspecified atom stereocenters. The molecule has 1 aliphatic heterocycles. The maximum absolute atomic E-state index is 5.76. The second-order valence-electron chi connectivity index (χ2n) is 4.20. The highest BCUT2D eigenvalue weighted by Gasteiger charge is 2.32. The number of nitrogens with two attached hydrogens (primary N) is 1. The van der Waals surface area contributed by atoms with Crippen LogP contribution in [0.3, 0.4) is 0 Å². The number of rotatable bonds is 3. The monoisotopic (exact) mass is 352 g/mol. The van der Waals surface area contributed by atoms with Crippen LogP contribution in [0.5, 0.6) is 0 Å². The maximum Gasteiger partial charge on any atom is 0.0691 e. The predicted molar refractivity (Wildman–Crippen MR) is 84.8 cm³/mol. The molecule has 2 nitrogen and oxygen atoms in total. The second kappa shape index (κ2) is 6.30. The Morgan fingerprint density at radius 2 is 2.24 bits per heavy atom. The average molecular weight is 353 g/mol. The van der Waals surface area contributed by atoms with E-state index in [-0.39, 0.29) is 6.04 Å². The Balaban J connectivity index is 2.12. The zero-order chi connectivity index (χ0) is 12.4. The fourth-order valence-corrected chi connectivity index (χ4v) is 6.77. The smallest absolute Gasteiger partial charge is 0.0691 e. The van der Waals surface area contributed by atoms with Crippen molar-refractivity contribution in [2.24, 2.45) is 5.84 Å². The summed E-state index contributed by atoms with van der Waals surface area (Å²) in [6.45, 7) is 4.62.